The van der Waals surface area contributed by atoms with E-state index in [9.17, 15) is 4.79 Å². The first-order chi connectivity index (χ1) is 9.58. The lowest BCUT2D eigenvalue weighted by atomic mass is 10.0. The molecule has 1 aromatic rings. The maximum Gasteiger partial charge on any atom is 0.240 e. The lowest BCUT2D eigenvalue weighted by Crippen LogP contribution is -2.34. The summed E-state index contributed by atoms with van der Waals surface area (Å²) in [5.41, 5.74) is 7.06. The van der Waals surface area contributed by atoms with Crippen molar-refractivity contribution in [3.63, 3.8) is 0 Å². The lowest BCUT2D eigenvalue weighted by Gasteiger charge is -2.24. The first kappa shape index (κ1) is 13.4. The van der Waals surface area contributed by atoms with E-state index < -0.39 is 0 Å². The predicted octanol–water partition coefficient (Wildman–Crippen LogP) is 2.26. The smallest absolute Gasteiger partial charge is 0.240 e. The zero-order chi connectivity index (χ0) is 14.2. The molecule has 3 N–H and O–H groups in total. The van der Waals surface area contributed by atoms with E-state index in [2.05, 4.69) is 5.32 Å². The molecule has 0 bridgehead atoms. The van der Waals surface area contributed by atoms with Crippen LogP contribution in [-0.2, 0) is 4.79 Å². The quantitative estimate of drug-likeness (QED) is 0.819. The highest BCUT2D eigenvalue weighted by Gasteiger charge is 2.37. The molecule has 1 atom stereocenters. The van der Waals surface area contributed by atoms with Gasteiger partial charge in [-0.2, -0.15) is 0 Å². The maximum atomic E-state index is 12.4. The van der Waals surface area contributed by atoms with Crippen molar-refractivity contribution >= 4 is 29.0 Å². The number of benzene rings is 1. The van der Waals surface area contributed by atoms with Crippen molar-refractivity contribution in [3.05, 3.63) is 12.1 Å². The number of anilines is 2. The Bertz CT molecular complexity index is 541. The second-order valence-corrected chi connectivity index (χ2v) is 6.82. The number of amides is 1. The molecule has 5 nitrogen and oxygen atoms in total. The molecule has 2 aliphatic rings. The Morgan fingerprint density at radius 2 is 2.05 bits per heavy atom. The van der Waals surface area contributed by atoms with Gasteiger partial charge in [-0.3, -0.25) is 4.79 Å². The molecule has 0 saturated carbocycles. The largest absolute Gasteiger partial charge is 0.486 e. The van der Waals surface area contributed by atoms with Crippen LogP contribution in [0.1, 0.15) is 19.8 Å². The summed E-state index contributed by atoms with van der Waals surface area (Å²) in [5, 5.41) is 2.92. The molecular formula is C14H18N2O3S. The second-order valence-electron chi connectivity index (χ2n) is 5.22. The van der Waals surface area contributed by atoms with E-state index in [1.54, 1.807) is 23.9 Å². The summed E-state index contributed by atoms with van der Waals surface area (Å²) in [6.45, 7) is 3.01. The minimum atomic E-state index is -0.361. The lowest BCUT2D eigenvalue weighted by molar-refractivity contribution is -0.118. The molecule has 1 amide bonds. The Morgan fingerprint density at radius 3 is 2.70 bits per heavy atom. The molecule has 1 fully saturated rings. The van der Waals surface area contributed by atoms with Gasteiger partial charge in [0.05, 0.1) is 16.1 Å². The van der Waals surface area contributed by atoms with Gasteiger partial charge in [-0.15, -0.1) is 11.8 Å². The molecule has 1 aromatic carbocycles. The van der Waals surface area contributed by atoms with Gasteiger partial charge in [-0.25, -0.2) is 0 Å². The maximum absolute atomic E-state index is 12.4. The van der Waals surface area contributed by atoms with Crippen molar-refractivity contribution in [2.24, 2.45) is 0 Å². The highest BCUT2D eigenvalue weighted by atomic mass is 32.2. The molecule has 0 aromatic heterocycles. The molecule has 2 heterocycles. The van der Waals surface area contributed by atoms with Gasteiger partial charge in [-0.05, 0) is 25.5 Å². The van der Waals surface area contributed by atoms with Gasteiger partial charge in [0.2, 0.25) is 5.91 Å². The minimum Gasteiger partial charge on any atom is -0.486 e. The number of hydrogen-bond acceptors (Lipinski definition) is 5. The Kier molecular flexibility index (Phi) is 3.41. The average molecular weight is 294 g/mol. The molecule has 1 saturated heterocycles. The van der Waals surface area contributed by atoms with Crippen molar-refractivity contribution in [2.75, 3.05) is 30.0 Å². The summed E-state index contributed by atoms with van der Waals surface area (Å²) in [5.74, 6) is 2.29. The van der Waals surface area contributed by atoms with E-state index in [1.165, 1.54) is 0 Å². The standard InChI is InChI=1S/C14H18N2O3S/c1-14(3-2-6-20-14)13(17)16-10-8-12-11(7-9(10)15)18-4-5-19-12/h7-8H,2-6,15H2,1H3,(H,16,17). The van der Waals surface area contributed by atoms with Crippen molar-refractivity contribution < 1.29 is 14.3 Å². The number of carbonyl (C=O) groups excluding carboxylic acids is 1. The van der Waals surface area contributed by atoms with Crippen LogP contribution in [-0.4, -0.2) is 29.6 Å². The zero-order valence-corrected chi connectivity index (χ0v) is 12.2. The minimum absolute atomic E-state index is 0.00313. The van der Waals surface area contributed by atoms with Crippen LogP contribution in [0.3, 0.4) is 0 Å². The Hall–Kier alpha value is -1.56. The summed E-state index contributed by atoms with van der Waals surface area (Å²) in [6.07, 6.45) is 1.97. The van der Waals surface area contributed by atoms with Crippen LogP contribution in [0.25, 0.3) is 0 Å². The van der Waals surface area contributed by atoms with Crippen LogP contribution < -0.4 is 20.5 Å². The number of rotatable bonds is 2. The Labute approximate surface area is 122 Å². The van der Waals surface area contributed by atoms with E-state index in [-0.39, 0.29) is 10.7 Å². The van der Waals surface area contributed by atoms with Crippen molar-refractivity contribution in [1.29, 1.82) is 0 Å². The first-order valence-electron chi connectivity index (χ1n) is 6.73. The number of hydrogen-bond donors (Lipinski definition) is 2. The predicted molar refractivity (Wildman–Crippen MR) is 80.6 cm³/mol. The van der Waals surface area contributed by atoms with Crippen LogP contribution in [0.4, 0.5) is 11.4 Å². The second kappa shape index (κ2) is 5.09. The van der Waals surface area contributed by atoms with Gasteiger partial charge >= 0.3 is 0 Å². The topological polar surface area (TPSA) is 73.6 Å². The monoisotopic (exact) mass is 294 g/mol. The van der Waals surface area contributed by atoms with Crippen molar-refractivity contribution in [1.82, 2.24) is 0 Å². The normalized spacial score (nSPS) is 24.4. The fourth-order valence-corrected chi connectivity index (χ4v) is 3.64. The first-order valence-corrected chi connectivity index (χ1v) is 7.72. The van der Waals surface area contributed by atoms with Gasteiger partial charge in [-0.1, -0.05) is 0 Å². The molecular weight excluding hydrogens is 276 g/mol. The van der Waals surface area contributed by atoms with Gasteiger partial charge in [0.1, 0.15) is 13.2 Å². The van der Waals surface area contributed by atoms with E-state index in [0.717, 1.165) is 18.6 Å². The number of nitrogens with two attached hydrogens (primary N) is 1. The van der Waals surface area contributed by atoms with E-state index in [0.29, 0.717) is 36.1 Å². The third-order valence-electron chi connectivity index (χ3n) is 3.66. The van der Waals surface area contributed by atoms with E-state index in [4.69, 9.17) is 15.2 Å². The summed E-state index contributed by atoms with van der Waals surface area (Å²) in [7, 11) is 0. The van der Waals surface area contributed by atoms with E-state index in [1.807, 2.05) is 6.92 Å². The number of thioether (sulfide) groups is 1. The van der Waals surface area contributed by atoms with Gasteiger partial charge in [0, 0.05) is 12.1 Å². The van der Waals surface area contributed by atoms with Crippen LogP contribution in [0.2, 0.25) is 0 Å². The molecule has 0 spiro atoms. The fourth-order valence-electron chi connectivity index (χ4n) is 2.43. The summed E-state index contributed by atoms with van der Waals surface area (Å²) in [6, 6.07) is 3.44. The molecule has 0 aliphatic carbocycles. The van der Waals surface area contributed by atoms with E-state index >= 15 is 0 Å². The SMILES string of the molecule is CC1(C(=O)Nc2cc3c(cc2N)OCCO3)CCCS1. The van der Waals surface area contributed by atoms with Crippen LogP contribution in [0.5, 0.6) is 11.5 Å². The summed E-state index contributed by atoms with van der Waals surface area (Å²) >= 11 is 1.70. The van der Waals surface area contributed by atoms with Crippen LogP contribution >= 0.6 is 11.8 Å². The Morgan fingerprint density at radius 1 is 1.35 bits per heavy atom. The number of nitrogen functional groups attached to an aromatic ring is 1. The molecule has 0 radical (unpaired) electrons. The molecule has 108 valence electrons. The summed E-state index contributed by atoms with van der Waals surface area (Å²) < 4.78 is 10.6. The Balaban J connectivity index is 1.82. The van der Waals surface area contributed by atoms with Gasteiger partial charge < -0.3 is 20.5 Å². The highest BCUT2D eigenvalue weighted by molar-refractivity contribution is 8.01. The molecule has 6 heteroatoms. The number of nitrogens with one attached hydrogen (secondary N) is 1. The zero-order valence-electron chi connectivity index (χ0n) is 11.4. The number of ether oxygens (including phenoxy) is 2. The number of fused-ring (bicyclic) bond motifs is 1. The molecule has 2 aliphatic heterocycles. The molecule has 1 unspecified atom stereocenters. The van der Waals surface area contributed by atoms with Gasteiger partial charge in [0.25, 0.3) is 0 Å². The number of carbonyl (C=O) groups is 1. The molecule has 3 rings (SSSR count). The third kappa shape index (κ3) is 2.40. The summed E-state index contributed by atoms with van der Waals surface area (Å²) in [4.78, 5) is 12.4. The molecule has 20 heavy (non-hydrogen) atoms. The van der Waals surface area contributed by atoms with Gasteiger partial charge in [0.15, 0.2) is 11.5 Å². The van der Waals surface area contributed by atoms with Crippen LogP contribution in [0.15, 0.2) is 12.1 Å². The van der Waals surface area contributed by atoms with Crippen molar-refractivity contribution in [3.8, 4) is 11.5 Å². The van der Waals surface area contributed by atoms with Crippen molar-refractivity contribution in [2.45, 2.75) is 24.5 Å². The van der Waals surface area contributed by atoms with Crippen LogP contribution in [0, 0.1) is 0 Å². The third-order valence-corrected chi connectivity index (χ3v) is 5.18. The average Bonchev–Trinajstić information content (AvgIpc) is 2.88. The highest BCUT2D eigenvalue weighted by Crippen LogP contribution is 2.41. The fraction of sp³-hybridized carbons (Fsp3) is 0.500.